The minimum Gasteiger partial charge on any atom is -0.508 e. The van der Waals surface area contributed by atoms with Crippen LogP contribution in [-0.4, -0.2) is 36.9 Å². The van der Waals surface area contributed by atoms with Crippen molar-refractivity contribution in [3.8, 4) is 5.75 Å². The summed E-state index contributed by atoms with van der Waals surface area (Å²) in [6, 6.07) is 6.58. The van der Waals surface area contributed by atoms with Crippen molar-refractivity contribution in [3.63, 3.8) is 0 Å². The van der Waals surface area contributed by atoms with Gasteiger partial charge < -0.3 is 25.1 Å². The Morgan fingerprint density at radius 3 is 2.38 bits per heavy atom. The lowest BCUT2D eigenvalue weighted by Crippen LogP contribution is -2.29. The maximum absolute atomic E-state index is 11.1. The molecule has 7 nitrogen and oxygen atoms in total. The van der Waals surface area contributed by atoms with E-state index in [9.17, 15) is 19.9 Å². The second-order valence-corrected chi connectivity index (χ2v) is 7.01. The predicted octanol–water partition coefficient (Wildman–Crippen LogP) is 2.41. The fraction of sp³-hybridized carbons (Fsp3) is 0.312. The number of phenols is 1. The molecule has 1 aliphatic rings. The quantitative estimate of drug-likeness (QED) is 0.517. The van der Waals surface area contributed by atoms with Crippen LogP contribution >= 0.6 is 7.75 Å². The van der Waals surface area contributed by atoms with Gasteiger partial charge in [-0.05, 0) is 48.3 Å². The topological polar surface area (TPSA) is 131 Å². The van der Waals surface area contributed by atoms with E-state index in [-0.39, 0.29) is 29.6 Å². The monoisotopic (exact) mass is 353 g/mol. The summed E-state index contributed by atoms with van der Waals surface area (Å²) in [5.41, 5.74) is 0.923. The minimum absolute atomic E-state index is 0.0199. The molecule has 0 saturated heterocycles. The van der Waals surface area contributed by atoms with Gasteiger partial charge in [0, 0.05) is 5.92 Å². The molecule has 5 N–H and O–H groups in total. The molecule has 0 fully saturated rings. The third-order valence-electron chi connectivity index (χ3n) is 3.83. The predicted molar refractivity (Wildman–Crippen MR) is 90.0 cm³/mol. The van der Waals surface area contributed by atoms with E-state index in [4.69, 9.17) is 9.79 Å². The average molecular weight is 353 g/mol. The summed E-state index contributed by atoms with van der Waals surface area (Å²) in [5.74, 6) is -0.839. The molecular formula is C16H20NO6P. The number of phenolic OH excluding ortho intramolecular Hbond substituents is 1. The highest BCUT2D eigenvalue weighted by Gasteiger charge is 2.28. The molecule has 0 spiro atoms. The number of aliphatic hydroxyl groups excluding tert-OH is 2. The maximum atomic E-state index is 11.1. The molecule has 0 aromatic heterocycles. The number of rotatable bonds is 5. The molecule has 0 amide bonds. The van der Waals surface area contributed by atoms with Crippen molar-refractivity contribution in [2.24, 2.45) is 10.7 Å². The van der Waals surface area contributed by atoms with Crippen LogP contribution in [0.4, 0.5) is 0 Å². The van der Waals surface area contributed by atoms with Gasteiger partial charge in [0.2, 0.25) is 0 Å². The van der Waals surface area contributed by atoms with Gasteiger partial charge >= 0.3 is 7.75 Å². The summed E-state index contributed by atoms with van der Waals surface area (Å²) in [7, 11) is -4.64. The molecule has 2 rings (SSSR count). The Morgan fingerprint density at radius 2 is 1.79 bits per heavy atom. The van der Waals surface area contributed by atoms with Gasteiger partial charge in [-0.1, -0.05) is 19.1 Å². The summed E-state index contributed by atoms with van der Waals surface area (Å²) >= 11 is 0. The van der Waals surface area contributed by atoms with Gasteiger partial charge in [0.15, 0.2) is 0 Å². The first-order chi connectivity index (χ1) is 11.2. The van der Waals surface area contributed by atoms with Gasteiger partial charge in [0.25, 0.3) is 0 Å². The highest BCUT2D eigenvalue weighted by molar-refractivity contribution is 7.50. The van der Waals surface area contributed by atoms with Gasteiger partial charge in [0.05, 0.1) is 11.8 Å². The highest BCUT2D eigenvalue weighted by atomic mass is 31.2. The van der Waals surface area contributed by atoms with Crippen LogP contribution in [0.15, 0.2) is 53.0 Å². The van der Waals surface area contributed by atoms with Gasteiger partial charge in [0.1, 0.15) is 11.5 Å². The molecule has 1 aromatic rings. The number of aromatic hydroxyl groups is 1. The van der Waals surface area contributed by atoms with Gasteiger partial charge in [-0.25, -0.2) is 4.57 Å². The number of hydrogen-bond acceptors (Lipinski definition) is 4. The molecule has 0 radical (unpaired) electrons. The number of hydrogen-bond donors (Lipinski definition) is 5. The van der Waals surface area contributed by atoms with Gasteiger partial charge in [-0.3, -0.25) is 0 Å². The SMILES string of the molecule is CC(CC(O)C1C=C(O)C=C/C1=N\P(=O)(O)O)c1ccc(O)cc1. The normalized spacial score (nSPS) is 22.2. The van der Waals surface area contributed by atoms with Crippen LogP contribution in [0.1, 0.15) is 24.8 Å². The number of aliphatic hydroxyl groups is 2. The summed E-state index contributed by atoms with van der Waals surface area (Å²) in [4.78, 5) is 18.0. The summed E-state index contributed by atoms with van der Waals surface area (Å²) < 4.78 is 14.5. The molecule has 1 aromatic carbocycles. The van der Waals surface area contributed by atoms with Crippen molar-refractivity contribution < 1.29 is 29.7 Å². The second-order valence-electron chi connectivity index (χ2n) is 5.78. The maximum Gasteiger partial charge on any atom is 0.448 e. The fourth-order valence-electron chi connectivity index (χ4n) is 2.61. The third kappa shape index (κ3) is 5.04. The van der Waals surface area contributed by atoms with Crippen LogP contribution in [0, 0.1) is 5.92 Å². The largest absolute Gasteiger partial charge is 0.508 e. The Bertz CT molecular complexity index is 719. The van der Waals surface area contributed by atoms with Crippen molar-refractivity contribution in [2.75, 3.05) is 0 Å². The molecule has 0 aliphatic heterocycles. The summed E-state index contributed by atoms with van der Waals surface area (Å²) in [6.45, 7) is 1.89. The lowest BCUT2D eigenvalue weighted by molar-refractivity contribution is 0.137. The zero-order chi connectivity index (χ0) is 17.9. The van der Waals surface area contributed by atoms with E-state index in [0.717, 1.165) is 5.56 Å². The Balaban J connectivity index is 2.18. The standard InChI is InChI=1S/C16H20NO6P/c1-10(11-2-4-12(18)5-3-11)8-16(20)14-9-13(19)6-7-15(14)17-24(21,22)23/h2-7,9-10,14,16,18-20H,8H2,1H3,(H2,21,22,23)/b17-15+. The van der Waals surface area contributed by atoms with Gasteiger partial charge in [-0.15, -0.1) is 0 Å². The molecule has 3 atom stereocenters. The van der Waals surface area contributed by atoms with E-state index >= 15 is 0 Å². The Hall–Kier alpha value is -1.92. The van der Waals surface area contributed by atoms with E-state index in [1.807, 2.05) is 6.92 Å². The minimum atomic E-state index is -4.64. The highest BCUT2D eigenvalue weighted by Crippen LogP contribution is 2.39. The molecule has 0 bridgehead atoms. The van der Waals surface area contributed by atoms with Crippen molar-refractivity contribution in [1.82, 2.24) is 0 Å². The van der Waals surface area contributed by atoms with Crippen molar-refractivity contribution in [1.29, 1.82) is 0 Å². The first kappa shape index (κ1) is 18.4. The molecule has 8 heteroatoms. The Labute approximate surface area is 139 Å². The second kappa shape index (κ2) is 7.32. The lowest BCUT2D eigenvalue weighted by Gasteiger charge is -2.25. The third-order valence-corrected chi connectivity index (χ3v) is 4.33. The van der Waals surface area contributed by atoms with Gasteiger partial charge in [-0.2, -0.15) is 4.76 Å². The number of nitrogens with zero attached hydrogens (tertiary/aromatic N) is 1. The van der Waals surface area contributed by atoms with Crippen LogP contribution < -0.4 is 0 Å². The zero-order valence-corrected chi connectivity index (χ0v) is 13.9. The molecule has 3 unspecified atom stereocenters. The molecule has 24 heavy (non-hydrogen) atoms. The molecule has 1 aliphatic carbocycles. The zero-order valence-electron chi connectivity index (χ0n) is 13.0. The van der Waals surface area contributed by atoms with Crippen molar-refractivity contribution in [2.45, 2.75) is 25.4 Å². The molecule has 0 heterocycles. The Morgan fingerprint density at radius 1 is 1.17 bits per heavy atom. The van der Waals surface area contributed by atoms with Crippen LogP contribution in [0.25, 0.3) is 0 Å². The van der Waals surface area contributed by atoms with E-state index in [1.165, 1.54) is 18.2 Å². The van der Waals surface area contributed by atoms with Crippen molar-refractivity contribution >= 4 is 13.5 Å². The van der Waals surface area contributed by atoms with E-state index in [1.54, 1.807) is 24.3 Å². The van der Waals surface area contributed by atoms with Crippen molar-refractivity contribution in [3.05, 3.63) is 53.8 Å². The van der Waals surface area contributed by atoms with E-state index < -0.39 is 19.8 Å². The first-order valence-corrected chi connectivity index (χ1v) is 8.94. The summed E-state index contributed by atoms with van der Waals surface area (Å²) in [5, 5.41) is 29.4. The molecular weight excluding hydrogens is 333 g/mol. The number of allylic oxidation sites excluding steroid dienone is 2. The van der Waals surface area contributed by atoms with Crippen LogP contribution in [0.2, 0.25) is 0 Å². The molecule has 130 valence electrons. The Kier molecular flexibility index (Phi) is 5.62. The molecule has 0 saturated carbocycles. The number of benzene rings is 1. The first-order valence-electron chi connectivity index (χ1n) is 7.37. The van der Waals surface area contributed by atoms with Crippen LogP contribution in [0.5, 0.6) is 5.75 Å². The summed E-state index contributed by atoms with van der Waals surface area (Å²) in [6.07, 6.45) is 3.16. The fourth-order valence-corrected chi connectivity index (χ4v) is 3.11. The van der Waals surface area contributed by atoms with Crippen LogP contribution in [-0.2, 0) is 4.57 Å². The smallest absolute Gasteiger partial charge is 0.448 e. The van der Waals surface area contributed by atoms with Crippen LogP contribution in [0.3, 0.4) is 0 Å². The van der Waals surface area contributed by atoms with E-state index in [2.05, 4.69) is 4.76 Å². The van der Waals surface area contributed by atoms with E-state index in [0.29, 0.717) is 0 Å². The average Bonchev–Trinajstić information content (AvgIpc) is 2.48. The lowest BCUT2D eigenvalue weighted by atomic mass is 9.85.